The molecule has 2 rings (SSSR count). The van der Waals surface area contributed by atoms with Gasteiger partial charge in [0.1, 0.15) is 0 Å². The minimum absolute atomic E-state index is 0.310. The lowest BCUT2D eigenvalue weighted by Gasteiger charge is -2.12. The van der Waals surface area contributed by atoms with Crippen LogP contribution in [0.15, 0.2) is 0 Å². The summed E-state index contributed by atoms with van der Waals surface area (Å²) in [6.07, 6.45) is 1.10. The largest absolute Gasteiger partial charge is 0.379 e. The summed E-state index contributed by atoms with van der Waals surface area (Å²) in [4.78, 5) is 0. The Hall–Kier alpha value is -0.120. The highest BCUT2D eigenvalue weighted by Gasteiger charge is 2.37. The summed E-state index contributed by atoms with van der Waals surface area (Å²) < 4.78 is 5.18. The fourth-order valence-corrected chi connectivity index (χ4v) is 1.66. The van der Waals surface area contributed by atoms with Gasteiger partial charge in [-0.2, -0.15) is 5.06 Å². The van der Waals surface area contributed by atoms with Crippen molar-refractivity contribution in [1.82, 2.24) is 5.06 Å². The molecule has 2 aliphatic heterocycles. The minimum Gasteiger partial charge on any atom is -0.379 e. The standard InChI is InChI=1S/C6H11NO2/c8-7-2-1-5-3-9-4-6(5)7/h5-6,8H,1-4H2. The van der Waals surface area contributed by atoms with Gasteiger partial charge in [-0.25, -0.2) is 0 Å². The van der Waals surface area contributed by atoms with Crippen LogP contribution in [0.1, 0.15) is 6.42 Å². The van der Waals surface area contributed by atoms with Crippen molar-refractivity contribution in [2.45, 2.75) is 12.5 Å². The van der Waals surface area contributed by atoms with Gasteiger partial charge in [0, 0.05) is 12.5 Å². The van der Waals surface area contributed by atoms with E-state index in [1.807, 2.05) is 0 Å². The van der Waals surface area contributed by atoms with Crippen LogP contribution in [-0.2, 0) is 4.74 Å². The van der Waals surface area contributed by atoms with Gasteiger partial charge in [0.15, 0.2) is 0 Å². The predicted molar refractivity (Wildman–Crippen MR) is 31.2 cm³/mol. The fraction of sp³-hybridized carbons (Fsp3) is 1.00. The van der Waals surface area contributed by atoms with Gasteiger partial charge in [0.25, 0.3) is 0 Å². The van der Waals surface area contributed by atoms with E-state index in [1.165, 1.54) is 5.06 Å². The van der Waals surface area contributed by atoms with Crippen LogP contribution in [0.2, 0.25) is 0 Å². The SMILES string of the molecule is ON1CCC2COCC21. The lowest BCUT2D eigenvalue weighted by Crippen LogP contribution is -2.29. The highest BCUT2D eigenvalue weighted by molar-refractivity contribution is 4.86. The summed E-state index contributed by atoms with van der Waals surface area (Å²) >= 11 is 0. The van der Waals surface area contributed by atoms with Crippen molar-refractivity contribution in [3.05, 3.63) is 0 Å². The number of nitrogens with zero attached hydrogens (tertiary/aromatic N) is 1. The van der Waals surface area contributed by atoms with Gasteiger partial charge in [-0.15, -0.1) is 0 Å². The molecule has 2 aliphatic rings. The molecule has 0 amide bonds. The first-order chi connectivity index (χ1) is 4.38. The quantitative estimate of drug-likeness (QED) is 0.503. The Morgan fingerprint density at radius 1 is 1.44 bits per heavy atom. The summed E-state index contributed by atoms with van der Waals surface area (Å²) in [6.45, 7) is 2.40. The Kier molecular flexibility index (Phi) is 1.22. The Morgan fingerprint density at radius 2 is 2.33 bits per heavy atom. The molecule has 0 aromatic rings. The molecule has 2 saturated heterocycles. The molecule has 0 aliphatic carbocycles. The Labute approximate surface area is 54.2 Å². The maximum Gasteiger partial charge on any atom is 0.0648 e. The highest BCUT2D eigenvalue weighted by atomic mass is 16.5. The molecule has 3 nitrogen and oxygen atoms in total. The van der Waals surface area contributed by atoms with Crippen LogP contribution < -0.4 is 0 Å². The third-order valence-corrected chi connectivity index (χ3v) is 2.28. The lowest BCUT2D eigenvalue weighted by atomic mass is 10.1. The maximum absolute atomic E-state index is 9.15. The molecule has 0 aromatic carbocycles. The first-order valence-electron chi connectivity index (χ1n) is 3.41. The van der Waals surface area contributed by atoms with Crippen molar-refractivity contribution in [3.63, 3.8) is 0 Å². The second kappa shape index (κ2) is 1.94. The molecule has 0 aromatic heterocycles. The van der Waals surface area contributed by atoms with Crippen molar-refractivity contribution < 1.29 is 9.94 Å². The van der Waals surface area contributed by atoms with Crippen LogP contribution in [0.25, 0.3) is 0 Å². The van der Waals surface area contributed by atoms with Gasteiger partial charge in [-0.1, -0.05) is 0 Å². The van der Waals surface area contributed by atoms with Crippen LogP contribution in [0.4, 0.5) is 0 Å². The molecule has 2 unspecified atom stereocenters. The summed E-state index contributed by atoms with van der Waals surface area (Å²) in [5.74, 6) is 0.606. The van der Waals surface area contributed by atoms with E-state index in [-0.39, 0.29) is 0 Å². The Morgan fingerprint density at radius 3 is 3.11 bits per heavy atom. The van der Waals surface area contributed by atoms with E-state index in [1.54, 1.807) is 0 Å². The fourth-order valence-electron chi connectivity index (χ4n) is 1.66. The van der Waals surface area contributed by atoms with Crippen LogP contribution in [0, 0.1) is 5.92 Å². The van der Waals surface area contributed by atoms with E-state index in [0.717, 1.165) is 26.2 Å². The zero-order valence-corrected chi connectivity index (χ0v) is 5.29. The third-order valence-electron chi connectivity index (χ3n) is 2.28. The third kappa shape index (κ3) is 0.764. The van der Waals surface area contributed by atoms with Crippen molar-refractivity contribution in [2.75, 3.05) is 19.8 Å². The molecule has 0 bridgehead atoms. The smallest absolute Gasteiger partial charge is 0.0648 e. The molecule has 0 spiro atoms. The summed E-state index contributed by atoms with van der Waals surface area (Å²) in [5, 5.41) is 10.6. The number of hydrogen-bond acceptors (Lipinski definition) is 3. The van der Waals surface area contributed by atoms with Gasteiger partial charge in [0.2, 0.25) is 0 Å². The van der Waals surface area contributed by atoms with Gasteiger partial charge < -0.3 is 9.94 Å². The minimum atomic E-state index is 0.310. The van der Waals surface area contributed by atoms with Crippen LogP contribution in [0.3, 0.4) is 0 Å². The molecule has 2 heterocycles. The molecule has 2 atom stereocenters. The molecule has 52 valence electrons. The second-order valence-corrected chi connectivity index (χ2v) is 2.82. The van der Waals surface area contributed by atoms with Crippen LogP contribution >= 0.6 is 0 Å². The first kappa shape index (κ1) is 5.65. The van der Waals surface area contributed by atoms with E-state index in [9.17, 15) is 0 Å². The van der Waals surface area contributed by atoms with Gasteiger partial charge in [-0.3, -0.25) is 0 Å². The highest BCUT2D eigenvalue weighted by Crippen LogP contribution is 2.27. The summed E-state index contributed by atoms with van der Waals surface area (Å²) in [5.41, 5.74) is 0. The van der Waals surface area contributed by atoms with E-state index in [4.69, 9.17) is 9.94 Å². The molecular weight excluding hydrogens is 118 g/mol. The van der Waals surface area contributed by atoms with E-state index >= 15 is 0 Å². The maximum atomic E-state index is 9.15. The van der Waals surface area contributed by atoms with E-state index < -0.39 is 0 Å². The van der Waals surface area contributed by atoms with Gasteiger partial charge in [0.05, 0.1) is 19.3 Å². The monoisotopic (exact) mass is 129 g/mol. The Balaban J connectivity index is 2.07. The van der Waals surface area contributed by atoms with Crippen molar-refractivity contribution >= 4 is 0 Å². The number of ether oxygens (including phenoxy) is 1. The van der Waals surface area contributed by atoms with Crippen molar-refractivity contribution in [2.24, 2.45) is 5.92 Å². The van der Waals surface area contributed by atoms with Gasteiger partial charge in [-0.05, 0) is 6.42 Å². The molecule has 0 radical (unpaired) electrons. The zero-order chi connectivity index (χ0) is 6.27. The van der Waals surface area contributed by atoms with Crippen molar-refractivity contribution in [1.29, 1.82) is 0 Å². The molecule has 3 heteroatoms. The molecule has 2 fully saturated rings. The normalized spacial score (nSPS) is 43.7. The number of hydroxylamine groups is 2. The average Bonchev–Trinajstić information content (AvgIpc) is 2.35. The Bertz CT molecular complexity index is 118. The molecular formula is C6H11NO2. The van der Waals surface area contributed by atoms with E-state index in [2.05, 4.69) is 0 Å². The zero-order valence-electron chi connectivity index (χ0n) is 5.29. The summed E-state index contributed by atoms with van der Waals surface area (Å²) in [6, 6.07) is 0.310. The topological polar surface area (TPSA) is 32.7 Å². The lowest BCUT2D eigenvalue weighted by molar-refractivity contribution is -0.108. The van der Waals surface area contributed by atoms with Crippen LogP contribution in [-0.4, -0.2) is 36.1 Å². The van der Waals surface area contributed by atoms with Gasteiger partial charge >= 0.3 is 0 Å². The number of fused-ring (bicyclic) bond motifs is 1. The summed E-state index contributed by atoms with van der Waals surface area (Å²) in [7, 11) is 0. The molecule has 1 N–H and O–H groups in total. The molecule has 0 saturated carbocycles. The van der Waals surface area contributed by atoms with Crippen molar-refractivity contribution in [3.8, 4) is 0 Å². The molecule has 9 heavy (non-hydrogen) atoms. The van der Waals surface area contributed by atoms with Crippen LogP contribution in [0.5, 0.6) is 0 Å². The number of hydrogen-bond donors (Lipinski definition) is 1. The first-order valence-corrected chi connectivity index (χ1v) is 3.41. The van der Waals surface area contributed by atoms with E-state index in [0.29, 0.717) is 12.0 Å². The second-order valence-electron chi connectivity index (χ2n) is 2.82. The predicted octanol–water partition coefficient (Wildman–Crippen LogP) is 0.0963. The number of rotatable bonds is 0. The average molecular weight is 129 g/mol.